The van der Waals surface area contributed by atoms with Crippen LogP contribution in [0.5, 0.6) is 0 Å². The number of carboxylic acid groups (broad SMARTS) is 1. The molecule has 0 aromatic carbocycles. The molecule has 4 heteroatoms. The second kappa shape index (κ2) is 4.26. The van der Waals surface area contributed by atoms with Crippen LogP contribution in [0.1, 0.15) is 30.3 Å². The third kappa shape index (κ3) is 2.13. The first-order valence-electron chi connectivity index (χ1n) is 4.79. The van der Waals surface area contributed by atoms with Gasteiger partial charge in [0, 0.05) is 18.2 Å². The molecule has 0 fully saturated rings. The predicted molar refractivity (Wildman–Crippen MR) is 50.7 cm³/mol. The van der Waals surface area contributed by atoms with Crippen LogP contribution in [0.4, 0.5) is 0 Å². The summed E-state index contributed by atoms with van der Waals surface area (Å²) in [6, 6.07) is 0. The molecule has 1 aromatic heterocycles. The molecule has 0 spiro atoms. The Morgan fingerprint density at radius 1 is 1.50 bits per heavy atom. The van der Waals surface area contributed by atoms with Crippen molar-refractivity contribution in [3.8, 4) is 0 Å². The second-order valence-corrected chi connectivity index (χ2v) is 3.34. The number of aliphatic carboxylic acids is 1. The summed E-state index contributed by atoms with van der Waals surface area (Å²) >= 11 is 0. The standard InChI is InChI=1S/C10H16N2O2/c1-4-12-8(3)9(7(2)11-12)5-6-10(13)14/h4-6H2,1-3H3,(H,13,14)/p-1. The molecule has 0 unspecified atom stereocenters. The van der Waals surface area contributed by atoms with Crippen molar-refractivity contribution >= 4 is 5.97 Å². The van der Waals surface area contributed by atoms with E-state index in [2.05, 4.69) is 5.10 Å². The number of rotatable bonds is 4. The molecular formula is C10H15N2O2-. The number of aromatic nitrogens is 2. The van der Waals surface area contributed by atoms with Crippen LogP contribution < -0.4 is 5.11 Å². The third-order valence-electron chi connectivity index (χ3n) is 2.41. The van der Waals surface area contributed by atoms with E-state index >= 15 is 0 Å². The van der Waals surface area contributed by atoms with E-state index in [1.807, 2.05) is 25.5 Å². The van der Waals surface area contributed by atoms with E-state index < -0.39 is 5.97 Å². The molecule has 14 heavy (non-hydrogen) atoms. The van der Waals surface area contributed by atoms with Crippen molar-refractivity contribution in [1.82, 2.24) is 9.78 Å². The van der Waals surface area contributed by atoms with Crippen molar-refractivity contribution in [2.75, 3.05) is 0 Å². The van der Waals surface area contributed by atoms with Crippen LogP contribution in [-0.2, 0) is 17.8 Å². The van der Waals surface area contributed by atoms with Crippen LogP contribution in [0.25, 0.3) is 0 Å². The molecule has 0 bridgehead atoms. The molecule has 4 nitrogen and oxygen atoms in total. The normalized spacial score (nSPS) is 10.5. The van der Waals surface area contributed by atoms with Crippen molar-refractivity contribution in [3.63, 3.8) is 0 Å². The Bertz CT molecular complexity index is 342. The first-order chi connectivity index (χ1) is 6.56. The van der Waals surface area contributed by atoms with E-state index in [9.17, 15) is 9.90 Å². The van der Waals surface area contributed by atoms with Crippen molar-refractivity contribution in [2.24, 2.45) is 0 Å². The number of carbonyl (C=O) groups is 1. The quantitative estimate of drug-likeness (QED) is 0.689. The highest BCUT2D eigenvalue weighted by molar-refractivity contribution is 5.64. The van der Waals surface area contributed by atoms with Crippen molar-refractivity contribution < 1.29 is 9.90 Å². The lowest BCUT2D eigenvalue weighted by molar-refractivity contribution is -0.305. The average Bonchev–Trinajstić information content (AvgIpc) is 2.39. The van der Waals surface area contributed by atoms with Gasteiger partial charge in [0.1, 0.15) is 0 Å². The molecule has 0 saturated heterocycles. The molecule has 0 aliphatic heterocycles. The van der Waals surface area contributed by atoms with E-state index in [-0.39, 0.29) is 6.42 Å². The van der Waals surface area contributed by atoms with Gasteiger partial charge in [-0.2, -0.15) is 5.10 Å². The molecule has 78 valence electrons. The summed E-state index contributed by atoms with van der Waals surface area (Å²) in [5.41, 5.74) is 3.02. The van der Waals surface area contributed by atoms with Crippen LogP contribution in [0, 0.1) is 13.8 Å². The molecule has 0 amide bonds. The van der Waals surface area contributed by atoms with Crippen molar-refractivity contribution in [3.05, 3.63) is 17.0 Å². The summed E-state index contributed by atoms with van der Waals surface area (Å²) in [7, 11) is 0. The van der Waals surface area contributed by atoms with Gasteiger partial charge in [-0.1, -0.05) is 0 Å². The summed E-state index contributed by atoms with van der Waals surface area (Å²) in [6.45, 7) is 6.71. The highest BCUT2D eigenvalue weighted by Gasteiger charge is 2.09. The molecule has 0 aliphatic carbocycles. The Morgan fingerprint density at radius 2 is 2.14 bits per heavy atom. The van der Waals surface area contributed by atoms with Crippen LogP contribution >= 0.6 is 0 Å². The number of nitrogens with zero attached hydrogens (tertiary/aromatic N) is 2. The van der Waals surface area contributed by atoms with E-state index in [0.29, 0.717) is 6.42 Å². The largest absolute Gasteiger partial charge is 0.550 e. The minimum absolute atomic E-state index is 0.0666. The smallest absolute Gasteiger partial charge is 0.0628 e. The predicted octanol–water partition coefficient (Wildman–Crippen LogP) is 0.202. The highest BCUT2D eigenvalue weighted by Crippen LogP contribution is 2.14. The lowest BCUT2D eigenvalue weighted by Crippen LogP contribution is -2.22. The summed E-state index contributed by atoms with van der Waals surface area (Å²) in [5.74, 6) is -1.01. The number of hydrogen-bond acceptors (Lipinski definition) is 3. The van der Waals surface area contributed by atoms with Crippen LogP contribution in [-0.4, -0.2) is 15.7 Å². The van der Waals surface area contributed by atoms with Gasteiger partial charge in [-0.3, -0.25) is 4.68 Å². The first-order valence-corrected chi connectivity index (χ1v) is 4.79. The fraction of sp³-hybridized carbons (Fsp3) is 0.600. The molecule has 1 rings (SSSR count). The maximum atomic E-state index is 10.3. The SMILES string of the molecule is CCn1nc(C)c(CCC(=O)[O-])c1C. The Balaban J connectivity index is 2.85. The lowest BCUT2D eigenvalue weighted by Gasteiger charge is -2.03. The maximum absolute atomic E-state index is 10.3. The average molecular weight is 195 g/mol. The number of carboxylic acids is 1. The fourth-order valence-electron chi connectivity index (χ4n) is 1.63. The van der Waals surface area contributed by atoms with Crippen molar-refractivity contribution in [1.29, 1.82) is 0 Å². The van der Waals surface area contributed by atoms with E-state index in [4.69, 9.17) is 0 Å². The minimum atomic E-state index is -1.01. The number of carbonyl (C=O) groups excluding carboxylic acids is 1. The van der Waals surface area contributed by atoms with Gasteiger partial charge >= 0.3 is 0 Å². The van der Waals surface area contributed by atoms with Crippen LogP contribution in [0.3, 0.4) is 0 Å². The van der Waals surface area contributed by atoms with Gasteiger partial charge in [0.05, 0.1) is 5.69 Å². The summed E-state index contributed by atoms with van der Waals surface area (Å²) < 4.78 is 1.89. The molecular weight excluding hydrogens is 180 g/mol. The highest BCUT2D eigenvalue weighted by atomic mass is 16.4. The topological polar surface area (TPSA) is 58.0 Å². The molecule has 0 atom stereocenters. The Morgan fingerprint density at radius 3 is 2.57 bits per heavy atom. The van der Waals surface area contributed by atoms with E-state index in [0.717, 1.165) is 23.5 Å². The van der Waals surface area contributed by atoms with Gasteiger partial charge in [-0.05, 0) is 39.2 Å². The van der Waals surface area contributed by atoms with E-state index in [1.165, 1.54) is 0 Å². The second-order valence-electron chi connectivity index (χ2n) is 3.34. The molecule has 0 N–H and O–H groups in total. The van der Waals surface area contributed by atoms with Crippen molar-refractivity contribution in [2.45, 2.75) is 40.2 Å². The van der Waals surface area contributed by atoms with Gasteiger partial charge in [0.25, 0.3) is 0 Å². The van der Waals surface area contributed by atoms with Gasteiger partial charge in [0.2, 0.25) is 0 Å². The number of aryl methyl sites for hydroxylation is 2. The maximum Gasteiger partial charge on any atom is 0.0628 e. The molecule has 0 radical (unpaired) electrons. The summed E-state index contributed by atoms with van der Waals surface area (Å²) in [6.07, 6.45) is 0.580. The zero-order valence-corrected chi connectivity index (χ0v) is 8.83. The van der Waals surface area contributed by atoms with Gasteiger partial charge in [-0.25, -0.2) is 0 Å². The molecule has 1 heterocycles. The Labute approximate surface area is 83.5 Å². The minimum Gasteiger partial charge on any atom is -0.550 e. The third-order valence-corrected chi connectivity index (χ3v) is 2.41. The van der Waals surface area contributed by atoms with Gasteiger partial charge < -0.3 is 9.90 Å². The Hall–Kier alpha value is -1.32. The monoisotopic (exact) mass is 195 g/mol. The Kier molecular flexibility index (Phi) is 3.28. The number of hydrogen-bond donors (Lipinski definition) is 0. The fourth-order valence-corrected chi connectivity index (χ4v) is 1.63. The van der Waals surface area contributed by atoms with Crippen LogP contribution in [0.15, 0.2) is 0 Å². The lowest BCUT2D eigenvalue weighted by atomic mass is 10.1. The van der Waals surface area contributed by atoms with Gasteiger partial charge in [-0.15, -0.1) is 0 Å². The van der Waals surface area contributed by atoms with Crippen LogP contribution in [0.2, 0.25) is 0 Å². The zero-order chi connectivity index (χ0) is 10.7. The summed E-state index contributed by atoms with van der Waals surface area (Å²) in [5, 5.41) is 14.6. The molecule has 0 saturated carbocycles. The zero-order valence-electron chi connectivity index (χ0n) is 8.83. The molecule has 1 aromatic rings. The van der Waals surface area contributed by atoms with E-state index in [1.54, 1.807) is 0 Å². The molecule has 0 aliphatic rings. The van der Waals surface area contributed by atoms with Gasteiger partial charge in [0.15, 0.2) is 0 Å². The summed E-state index contributed by atoms with van der Waals surface area (Å²) in [4.78, 5) is 10.3. The first kappa shape index (κ1) is 10.8.